The molecule has 0 fully saturated rings. The van der Waals surface area contributed by atoms with Gasteiger partial charge in [0.2, 0.25) is 6.79 Å². The van der Waals surface area contributed by atoms with Gasteiger partial charge in [0.25, 0.3) is 11.6 Å². The molecule has 3 aromatic carbocycles. The first kappa shape index (κ1) is 19.7. The molecule has 0 spiro atoms. The average Bonchev–Trinajstić information content (AvgIpc) is 3.21. The number of fused-ring (bicyclic) bond motifs is 1. The van der Waals surface area contributed by atoms with Crippen molar-refractivity contribution in [2.24, 2.45) is 0 Å². The van der Waals surface area contributed by atoms with Crippen molar-refractivity contribution in [3.05, 3.63) is 98.6 Å². The topological polar surface area (TPSA) is 81.9 Å². The number of nitro groups is 1. The molecule has 3 aromatic rings. The Morgan fingerprint density at radius 2 is 1.70 bits per heavy atom. The Balaban J connectivity index is 1.64. The lowest BCUT2D eigenvalue weighted by Crippen LogP contribution is -2.30. The standard InChI is InChI=1S/C22H17ClN2O5/c23-19-11-17(25(27)28)7-8-18(19)22(26)24(12-15-4-2-1-3-5-15)13-16-6-9-20-21(10-16)30-14-29-20/h1-11H,12-14H2. The van der Waals surface area contributed by atoms with Crippen LogP contribution in [0.5, 0.6) is 11.5 Å². The Morgan fingerprint density at radius 3 is 2.43 bits per heavy atom. The van der Waals surface area contributed by atoms with E-state index in [0.29, 0.717) is 24.6 Å². The van der Waals surface area contributed by atoms with E-state index in [9.17, 15) is 14.9 Å². The van der Waals surface area contributed by atoms with E-state index < -0.39 is 4.92 Å². The van der Waals surface area contributed by atoms with Crippen LogP contribution in [0.3, 0.4) is 0 Å². The van der Waals surface area contributed by atoms with E-state index in [0.717, 1.165) is 11.1 Å². The molecule has 0 saturated carbocycles. The van der Waals surface area contributed by atoms with Crippen LogP contribution in [0, 0.1) is 10.1 Å². The lowest BCUT2D eigenvalue weighted by Gasteiger charge is -2.24. The summed E-state index contributed by atoms with van der Waals surface area (Å²) in [5.74, 6) is 0.975. The van der Waals surface area contributed by atoms with E-state index in [1.54, 1.807) is 4.90 Å². The van der Waals surface area contributed by atoms with Crippen LogP contribution in [0.15, 0.2) is 66.7 Å². The zero-order chi connectivity index (χ0) is 21.1. The maximum atomic E-state index is 13.3. The van der Waals surface area contributed by atoms with Crippen LogP contribution < -0.4 is 9.47 Å². The van der Waals surface area contributed by atoms with Crippen molar-refractivity contribution in [1.29, 1.82) is 0 Å². The van der Waals surface area contributed by atoms with Gasteiger partial charge in [-0.25, -0.2) is 0 Å². The van der Waals surface area contributed by atoms with Gasteiger partial charge < -0.3 is 14.4 Å². The number of ether oxygens (including phenoxy) is 2. The summed E-state index contributed by atoms with van der Waals surface area (Å²) in [5.41, 5.74) is 1.85. The fraction of sp³-hybridized carbons (Fsp3) is 0.136. The lowest BCUT2D eigenvalue weighted by atomic mass is 10.1. The van der Waals surface area contributed by atoms with E-state index in [2.05, 4.69) is 0 Å². The number of nitro benzene ring substituents is 1. The fourth-order valence-electron chi connectivity index (χ4n) is 3.22. The fourth-order valence-corrected chi connectivity index (χ4v) is 3.48. The predicted octanol–water partition coefficient (Wildman–Crippen LogP) is 4.82. The monoisotopic (exact) mass is 424 g/mol. The molecule has 4 rings (SSSR count). The normalized spacial score (nSPS) is 11.9. The molecule has 1 heterocycles. The van der Waals surface area contributed by atoms with Crippen molar-refractivity contribution < 1.29 is 19.2 Å². The third kappa shape index (κ3) is 4.21. The minimum Gasteiger partial charge on any atom is -0.454 e. The predicted molar refractivity (Wildman–Crippen MR) is 111 cm³/mol. The maximum absolute atomic E-state index is 13.3. The number of rotatable bonds is 6. The van der Waals surface area contributed by atoms with Crippen LogP contribution in [0.2, 0.25) is 5.02 Å². The Morgan fingerprint density at radius 1 is 0.967 bits per heavy atom. The maximum Gasteiger partial charge on any atom is 0.270 e. The second-order valence-electron chi connectivity index (χ2n) is 6.76. The van der Waals surface area contributed by atoms with Crippen molar-refractivity contribution in [1.82, 2.24) is 4.90 Å². The highest BCUT2D eigenvalue weighted by Gasteiger charge is 2.22. The SMILES string of the molecule is O=C(c1ccc([N+](=O)[O-])cc1Cl)N(Cc1ccccc1)Cc1ccc2c(c1)OCO2. The molecule has 0 saturated heterocycles. The molecule has 0 atom stereocenters. The molecule has 0 aliphatic carbocycles. The third-order valence-electron chi connectivity index (χ3n) is 4.71. The molecule has 7 nitrogen and oxygen atoms in total. The van der Waals surface area contributed by atoms with E-state index in [-0.39, 0.29) is 29.0 Å². The van der Waals surface area contributed by atoms with Crippen molar-refractivity contribution in [3.63, 3.8) is 0 Å². The molecule has 30 heavy (non-hydrogen) atoms. The zero-order valence-corrected chi connectivity index (χ0v) is 16.5. The summed E-state index contributed by atoms with van der Waals surface area (Å²) in [5, 5.41) is 11.0. The zero-order valence-electron chi connectivity index (χ0n) is 15.8. The van der Waals surface area contributed by atoms with Gasteiger partial charge in [0, 0.05) is 25.2 Å². The summed E-state index contributed by atoms with van der Waals surface area (Å²) in [4.78, 5) is 25.4. The molecular formula is C22H17ClN2O5. The van der Waals surface area contributed by atoms with Crippen LogP contribution in [0.25, 0.3) is 0 Å². The van der Waals surface area contributed by atoms with Gasteiger partial charge in [0.05, 0.1) is 15.5 Å². The molecule has 152 valence electrons. The number of carbonyl (C=O) groups excluding carboxylic acids is 1. The highest BCUT2D eigenvalue weighted by molar-refractivity contribution is 6.34. The number of amides is 1. The van der Waals surface area contributed by atoms with Gasteiger partial charge in [-0.2, -0.15) is 0 Å². The second kappa shape index (κ2) is 8.42. The molecule has 0 radical (unpaired) electrons. The minimum absolute atomic E-state index is 0.0398. The van der Waals surface area contributed by atoms with Gasteiger partial charge in [-0.15, -0.1) is 0 Å². The smallest absolute Gasteiger partial charge is 0.270 e. The van der Waals surface area contributed by atoms with E-state index in [1.807, 2.05) is 48.5 Å². The Hall–Kier alpha value is -3.58. The quantitative estimate of drug-likeness (QED) is 0.418. The van der Waals surface area contributed by atoms with Gasteiger partial charge in [0.1, 0.15) is 0 Å². The summed E-state index contributed by atoms with van der Waals surface area (Å²) in [6.07, 6.45) is 0. The van der Waals surface area contributed by atoms with Gasteiger partial charge in [0.15, 0.2) is 11.5 Å². The number of benzene rings is 3. The molecule has 0 aromatic heterocycles. The van der Waals surface area contributed by atoms with Crippen LogP contribution in [0.1, 0.15) is 21.5 Å². The van der Waals surface area contributed by atoms with Crippen LogP contribution >= 0.6 is 11.6 Å². The average molecular weight is 425 g/mol. The number of hydrogen-bond donors (Lipinski definition) is 0. The third-order valence-corrected chi connectivity index (χ3v) is 5.02. The largest absolute Gasteiger partial charge is 0.454 e. The van der Waals surface area contributed by atoms with E-state index in [1.165, 1.54) is 18.2 Å². The summed E-state index contributed by atoms with van der Waals surface area (Å²) < 4.78 is 10.8. The molecule has 8 heteroatoms. The molecule has 1 amide bonds. The first-order valence-corrected chi connectivity index (χ1v) is 9.55. The van der Waals surface area contributed by atoms with Crippen LogP contribution in [0.4, 0.5) is 5.69 Å². The summed E-state index contributed by atoms with van der Waals surface area (Å²) in [7, 11) is 0. The first-order chi connectivity index (χ1) is 14.5. The van der Waals surface area contributed by atoms with Crippen molar-refractivity contribution in [3.8, 4) is 11.5 Å². The summed E-state index contributed by atoms with van der Waals surface area (Å²) in [6, 6.07) is 18.9. The highest BCUT2D eigenvalue weighted by atomic mass is 35.5. The lowest BCUT2D eigenvalue weighted by molar-refractivity contribution is -0.384. The first-order valence-electron chi connectivity index (χ1n) is 9.17. The molecule has 0 N–H and O–H groups in total. The number of nitrogens with zero attached hydrogens (tertiary/aromatic N) is 2. The molecule has 0 unspecified atom stereocenters. The number of carbonyl (C=O) groups is 1. The van der Waals surface area contributed by atoms with Gasteiger partial charge >= 0.3 is 0 Å². The molecule has 0 bridgehead atoms. The summed E-state index contributed by atoms with van der Waals surface area (Å²) in [6.45, 7) is 0.822. The number of non-ortho nitro benzene ring substituents is 1. The van der Waals surface area contributed by atoms with Crippen LogP contribution in [-0.2, 0) is 13.1 Å². The van der Waals surface area contributed by atoms with Crippen LogP contribution in [-0.4, -0.2) is 22.5 Å². The van der Waals surface area contributed by atoms with Gasteiger partial charge in [-0.1, -0.05) is 48.0 Å². The van der Waals surface area contributed by atoms with Crippen molar-refractivity contribution >= 4 is 23.2 Å². The van der Waals surface area contributed by atoms with E-state index >= 15 is 0 Å². The summed E-state index contributed by atoms with van der Waals surface area (Å²) >= 11 is 6.21. The molecule has 1 aliphatic heterocycles. The van der Waals surface area contributed by atoms with Crippen molar-refractivity contribution in [2.45, 2.75) is 13.1 Å². The highest BCUT2D eigenvalue weighted by Crippen LogP contribution is 2.33. The Kier molecular flexibility index (Phi) is 5.54. The number of halogens is 1. The second-order valence-corrected chi connectivity index (χ2v) is 7.16. The van der Waals surface area contributed by atoms with Gasteiger partial charge in [-0.05, 0) is 29.3 Å². The number of hydrogen-bond acceptors (Lipinski definition) is 5. The van der Waals surface area contributed by atoms with E-state index in [4.69, 9.17) is 21.1 Å². The van der Waals surface area contributed by atoms with Gasteiger partial charge in [-0.3, -0.25) is 14.9 Å². The Bertz CT molecular complexity index is 1100. The van der Waals surface area contributed by atoms with Crippen molar-refractivity contribution in [2.75, 3.05) is 6.79 Å². The molecule has 1 aliphatic rings. The minimum atomic E-state index is -0.547. The molecular weight excluding hydrogens is 408 g/mol. The Labute approximate surface area is 177 Å².